The summed E-state index contributed by atoms with van der Waals surface area (Å²) in [4.78, 5) is 21.6. The maximum absolute atomic E-state index is 10.9. The highest BCUT2D eigenvalue weighted by molar-refractivity contribution is 5.82. The summed E-state index contributed by atoms with van der Waals surface area (Å²) < 4.78 is 9.34. The van der Waals surface area contributed by atoms with Crippen LogP contribution in [0, 0.1) is 11.8 Å². The molecule has 0 aliphatic heterocycles. The first-order valence-electron chi connectivity index (χ1n) is 5.04. The van der Waals surface area contributed by atoms with Crippen molar-refractivity contribution in [2.24, 2.45) is 0 Å². The topological polar surface area (TPSA) is 72.8 Å². The number of phenolic OH excluding ortho intramolecular Hbond substituents is 1. The number of carbonyl (C=O) groups is 2. The van der Waals surface area contributed by atoms with E-state index in [1.54, 1.807) is 0 Å². The molecule has 18 heavy (non-hydrogen) atoms. The summed E-state index contributed by atoms with van der Waals surface area (Å²) in [5, 5.41) is 9.59. The molecule has 1 N–H and O–H groups in total. The second-order valence-corrected chi connectivity index (χ2v) is 3.29. The van der Waals surface area contributed by atoms with E-state index in [9.17, 15) is 14.7 Å². The average molecular weight is 248 g/mol. The van der Waals surface area contributed by atoms with E-state index in [4.69, 9.17) is 4.74 Å². The molecule has 0 radical (unpaired) electrons. The lowest BCUT2D eigenvalue weighted by Gasteiger charge is -2.05. The molecule has 0 amide bonds. The maximum atomic E-state index is 10.9. The fourth-order valence-electron chi connectivity index (χ4n) is 1.24. The van der Waals surface area contributed by atoms with Crippen LogP contribution in [0.5, 0.6) is 11.5 Å². The van der Waals surface area contributed by atoms with Crippen molar-refractivity contribution in [3.05, 3.63) is 23.3 Å². The Hall–Kier alpha value is -2.48. The van der Waals surface area contributed by atoms with Gasteiger partial charge >= 0.3 is 5.97 Å². The zero-order chi connectivity index (χ0) is 13.5. The lowest BCUT2D eigenvalue weighted by Crippen LogP contribution is -1.97. The third-order valence-electron chi connectivity index (χ3n) is 2.14. The molecule has 0 spiro atoms. The number of hydrogen-bond acceptors (Lipinski definition) is 5. The molecule has 0 bridgehead atoms. The van der Waals surface area contributed by atoms with E-state index < -0.39 is 5.97 Å². The van der Waals surface area contributed by atoms with Gasteiger partial charge in [0.25, 0.3) is 0 Å². The Bertz CT molecular complexity index is 522. The van der Waals surface area contributed by atoms with Gasteiger partial charge in [0.1, 0.15) is 6.42 Å². The van der Waals surface area contributed by atoms with E-state index >= 15 is 0 Å². The maximum Gasteiger partial charge on any atom is 0.317 e. The molecule has 0 heterocycles. The van der Waals surface area contributed by atoms with E-state index in [-0.39, 0.29) is 23.5 Å². The van der Waals surface area contributed by atoms with Crippen LogP contribution in [0.25, 0.3) is 0 Å². The van der Waals surface area contributed by atoms with E-state index in [0.29, 0.717) is 11.8 Å². The summed E-state index contributed by atoms with van der Waals surface area (Å²) >= 11 is 0. The van der Waals surface area contributed by atoms with Crippen molar-refractivity contribution in [3.63, 3.8) is 0 Å². The van der Waals surface area contributed by atoms with Crippen molar-refractivity contribution >= 4 is 12.3 Å². The van der Waals surface area contributed by atoms with Crippen molar-refractivity contribution in [2.45, 2.75) is 6.42 Å². The molecule has 0 aliphatic rings. The zero-order valence-electron chi connectivity index (χ0n) is 10.0. The second-order valence-electron chi connectivity index (χ2n) is 3.29. The Labute approximate surface area is 104 Å². The lowest BCUT2D eigenvalue weighted by atomic mass is 10.1. The quantitative estimate of drug-likeness (QED) is 0.493. The fraction of sp³-hybridized carbons (Fsp3) is 0.231. The van der Waals surface area contributed by atoms with Crippen LogP contribution in [-0.2, 0) is 9.53 Å². The molecule has 0 fully saturated rings. The third-order valence-corrected chi connectivity index (χ3v) is 2.14. The Morgan fingerprint density at radius 2 is 2.17 bits per heavy atom. The van der Waals surface area contributed by atoms with Crippen molar-refractivity contribution in [1.82, 2.24) is 0 Å². The van der Waals surface area contributed by atoms with E-state index in [1.165, 1.54) is 26.4 Å². The van der Waals surface area contributed by atoms with Crippen LogP contribution in [0.1, 0.15) is 22.3 Å². The Morgan fingerprint density at radius 3 is 2.72 bits per heavy atom. The number of aldehydes is 1. The van der Waals surface area contributed by atoms with Crippen LogP contribution in [0.2, 0.25) is 0 Å². The van der Waals surface area contributed by atoms with Gasteiger partial charge in [-0.05, 0) is 12.1 Å². The molecule has 0 unspecified atom stereocenters. The van der Waals surface area contributed by atoms with E-state index in [0.717, 1.165) is 0 Å². The van der Waals surface area contributed by atoms with Crippen LogP contribution in [0.3, 0.4) is 0 Å². The molecule has 0 atom stereocenters. The van der Waals surface area contributed by atoms with Gasteiger partial charge in [-0.15, -0.1) is 0 Å². The number of carbonyl (C=O) groups excluding carboxylic acids is 2. The summed E-state index contributed by atoms with van der Waals surface area (Å²) in [6.07, 6.45) is 0.458. The van der Waals surface area contributed by atoms with Crippen molar-refractivity contribution in [2.75, 3.05) is 14.2 Å². The molecule has 0 saturated heterocycles. The Morgan fingerprint density at radius 1 is 1.44 bits per heavy atom. The minimum Gasteiger partial charge on any atom is -0.504 e. The highest BCUT2D eigenvalue weighted by Crippen LogP contribution is 2.29. The summed E-state index contributed by atoms with van der Waals surface area (Å²) in [6.45, 7) is 0. The third kappa shape index (κ3) is 3.25. The van der Waals surface area contributed by atoms with Crippen molar-refractivity contribution < 1.29 is 24.2 Å². The molecular weight excluding hydrogens is 236 g/mol. The number of hydrogen-bond donors (Lipinski definition) is 1. The summed E-state index contributed by atoms with van der Waals surface area (Å²) in [7, 11) is 2.65. The highest BCUT2D eigenvalue weighted by atomic mass is 16.5. The second kappa shape index (κ2) is 6.30. The van der Waals surface area contributed by atoms with Crippen LogP contribution in [0.15, 0.2) is 12.1 Å². The molecule has 94 valence electrons. The summed E-state index contributed by atoms with van der Waals surface area (Å²) in [6, 6.07) is 2.89. The number of phenols is 1. The molecule has 1 aromatic rings. The zero-order valence-corrected chi connectivity index (χ0v) is 10.0. The molecule has 0 aromatic heterocycles. The number of benzene rings is 1. The van der Waals surface area contributed by atoms with E-state index in [2.05, 4.69) is 16.6 Å². The molecule has 1 aromatic carbocycles. The normalized spacial score (nSPS) is 9.00. The summed E-state index contributed by atoms with van der Waals surface area (Å²) in [5.41, 5.74) is 0.548. The SMILES string of the molecule is COC(=O)CC#Cc1cc(C=O)c(O)c(OC)c1. The molecule has 5 heteroatoms. The molecule has 0 saturated carbocycles. The van der Waals surface area contributed by atoms with Crippen LogP contribution in [-0.4, -0.2) is 31.6 Å². The van der Waals surface area contributed by atoms with Crippen molar-refractivity contribution in [1.29, 1.82) is 0 Å². The predicted octanol–water partition coefficient (Wildman–Crippen LogP) is 1.13. The standard InChI is InChI=1S/C13H12O5/c1-17-11-7-9(4-3-5-12(15)18-2)6-10(8-14)13(11)16/h6-8,16H,5H2,1-2H3. The minimum absolute atomic E-state index is 0.0455. The largest absolute Gasteiger partial charge is 0.504 e. The monoisotopic (exact) mass is 248 g/mol. The molecule has 5 nitrogen and oxygen atoms in total. The number of aromatic hydroxyl groups is 1. The number of rotatable bonds is 3. The summed E-state index contributed by atoms with van der Waals surface area (Å²) in [5.74, 6) is 4.77. The first-order valence-corrected chi connectivity index (χ1v) is 5.04. The van der Waals surface area contributed by atoms with Crippen LogP contribution < -0.4 is 4.74 Å². The van der Waals surface area contributed by atoms with Crippen LogP contribution in [0.4, 0.5) is 0 Å². The number of ether oxygens (including phenoxy) is 2. The minimum atomic E-state index is -0.441. The highest BCUT2D eigenvalue weighted by Gasteiger charge is 2.08. The Kier molecular flexibility index (Phi) is 4.76. The number of methoxy groups -OCH3 is 2. The number of esters is 1. The van der Waals surface area contributed by atoms with Crippen molar-refractivity contribution in [3.8, 4) is 23.3 Å². The van der Waals surface area contributed by atoms with E-state index in [1.807, 2.05) is 0 Å². The van der Waals surface area contributed by atoms with Gasteiger partial charge in [-0.25, -0.2) is 0 Å². The van der Waals surface area contributed by atoms with Gasteiger partial charge in [-0.3, -0.25) is 9.59 Å². The van der Waals surface area contributed by atoms with Gasteiger partial charge in [-0.2, -0.15) is 0 Å². The van der Waals surface area contributed by atoms with Gasteiger partial charge in [0, 0.05) is 5.56 Å². The van der Waals surface area contributed by atoms with Crippen LogP contribution >= 0.6 is 0 Å². The van der Waals surface area contributed by atoms with Gasteiger partial charge in [0.05, 0.1) is 19.8 Å². The van der Waals surface area contributed by atoms with Gasteiger partial charge in [0.15, 0.2) is 17.8 Å². The fourth-order valence-corrected chi connectivity index (χ4v) is 1.24. The first kappa shape index (κ1) is 13.6. The Balaban J connectivity index is 3.03. The average Bonchev–Trinajstić information content (AvgIpc) is 2.39. The predicted molar refractivity (Wildman–Crippen MR) is 63.6 cm³/mol. The van der Waals surface area contributed by atoms with Gasteiger partial charge in [0.2, 0.25) is 0 Å². The molecule has 1 rings (SSSR count). The first-order chi connectivity index (χ1) is 8.62. The smallest absolute Gasteiger partial charge is 0.317 e. The van der Waals surface area contributed by atoms with Gasteiger partial charge < -0.3 is 14.6 Å². The van der Waals surface area contributed by atoms with Gasteiger partial charge in [-0.1, -0.05) is 11.8 Å². The molecular formula is C13H12O5. The lowest BCUT2D eigenvalue weighted by molar-refractivity contribution is -0.139. The molecule has 0 aliphatic carbocycles.